The molecule has 2 aromatic rings. The first-order valence-corrected chi connectivity index (χ1v) is 7.33. The quantitative estimate of drug-likeness (QED) is 0.894. The smallest absolute Gasteiger partial charge is 0.120 e. The second-order valence-electron chi connectivity index (χ2n) is 5.37. The van der Waals surface area contributed by atoms with Gasteiger partial charge >= 0.3 is 0 Å². The lowest BCUT2D eigenvalue weighted by Gasteiger charge is -2.11. The van der Waals surface area contributed by atoms with Crippen molar-refractivity contribution in [1.82, 2.24) is 0 Å². The highest BCUT2D eigenvalue weighted by Gasteiger charge is 2.23. The van der Waals surface area contributed by atoms with Gasteiger partial charge in [0.1, 0.15) is 5.75 Å². The van der Waals surface area contributed by atoms with Crippen molar-refractivity contribution in [1.29, 1.82) is 0 Å². The topological polar surface area (TPSA) is 35.2 Å². The van der Waals surface area contributed by atoms with Crippen LogP contribution in [0.1, 0.15) is 31.4 Å². The number of ether oxygens (including phenoxy) is 1. The van der Waals surface area contributed by atoms with Gasteiger partial charge in [-0.2, -0.15) is 0 Å². The molecule has 3 rings (SSSR count). The van der Waals surface area contributed by atoms with Crippen LogP contribution in [-0.4, -0.2) is 6.10 Å². The third-order valence-electron chi connectivity index (χ3n) is 3.49. The number of hydrogen-bond acceptors (Lipinski definition) is 2. The Kier molecular flexibility index (Phi) is 3.68. The highest BCUT2D eigenvalue weighted by atomic mass is 35.5. The van der Waals surface area contributed by atoms with Crippen LogP contribution in [0, 0.1) is 0 Å². The molecule has 3 heteroatoms. The molecule has 0 amide bonds. The Morgan fingerprint density at radius 1 is 1.15 bits per heavy atom. The van der Waals surface area contributed by atoms with Crippen LogP contribution < -0.4 is 10.5 Å². The summed E-state index contributed by atoms with van der Waals surface area (Å²) >= 11 is 6.30. The van der Waals surface area contributed by atoms with E-state index in [0.29, 0.717) is 11.1 Å². The first-order valence-electron chi connectivity index (χ1n) is 6.95. The first kappa shape index (κ1) is 13.5. The third-order valence-corrected chi connectivity index (χ3v) is 3.81. The number of benzene rings is 2. The van der Waals surface area contributed by atoms with Gasteiger partial charge < -0.3 is 10.5 Å². The minimum atomic E-state index is -0.0546. The van der Waals surface area contributed by atoms with E-state index in [4.69, 9.17) is 22.1 Å². The zero-order chi connectivity index (χ0) is 14.1. The summed E-state index contributed by atoms with van der Waals surface area (Å²) in [4.78, 5) is 0. The average molecular weight is 288 g/mol. The molecule has 0 radical (unpaired) electrons. The zero-order valence-electron chi connectivity index (χ0n) is 11.5. The molecule has 1 fully saturated rings. The van der Waals surface area contributed by atoms with Crippen LogP contribution in [0.4, 0.5) is 0 Å². The highest BCUT2D eigenvalue weighted by Crippen LogP contribution is 2.32. The fourth-order valence-corrected chi connectivity index (χ4v) is 2.56. The van der Waals surface area contributed by atoms with Crippen LogP contribution in [0.25, 0.3) is 11.1 Å². The van der Waals surface area contributed by atoms with E-state index in [-0.39, 0.29) is 6.04 Å². The summed E-state index contributed by atoms with van der Waals surface area (Å²) in [6.07, 6.45) is 2.74. The summed E-state index contributed by atoms with van der Waals surface area (Å²) in [7, 11) is 0. The molecule has 2 nitrogen and oxygen atoms in total. The summed E-state index contributed by atoms with van der Waals surface area (Å²) in [5, 5.41) is 0.714. The fourth-order valence-electron chi connectivity index (χ4n) is 2.20. The number of halogens is 1. The van der Waals surface area contributed by atoms with Gasteiger partial charge in [0.15, 0.2) is 0 Å². The lowest BCUT2D eigenvalue weighted by molar-refractivity contribution is 0.303. The van der Waals surface area contributed by atoms with Gasteiger partial charge in [0.05, 0.1) is 6.10 Å². The van der Waals surface area contributed by atoms with Crippen molar-refractivity contribution < 1.29 is 4.74 Å². The molecule has 1 saturated carbocycles. The summed E-state index contributed by atoms with van der Waals surface area (Å²) in [5.74, 6) is 0.928. The zero-order valence-corrected chi connectivity index (χ0v) is 12.2. The maximum atomic E-state index is 6.30. The molecule has 1 aliphatic carbocycles. The van der Waals surface area contributed by atoms with Crippen molar-refractivity contribution in [3.05, 3.63) is 53.1 Å². The van der Waals surface area contributed by atoms with Crippen molar-refractivity contribution in [2.75, 3.05) is 0 Å². The Morgan fingerprint density at radius 3 is 2.55 bits per heavy atom. The van der Waals surface area contributed by atoms with Gasteiger partial charge in [0.25, 0.3) is 0 Å². The Hall–Kier alpha value is -1.51. The SMILES string of the molecule is CC(N)c1ccc(-c2cccc(OC3CC3)c2)cc1Cl. The van der Waals surface area contributed by atoms with Gasteiger partial charge in [0.2, 0.25) is 0 Å². The monoisotopic (exact) mass is 287 g/mol. The van der Waals surface area contributed by atoms with Crippen molar-refractivity contribution in [3.63, 3.8) is 0 Å². The molecule has 0 aromatic heterocycles. The van der Waals surface area contributed by atoms with Gasteiger partial charge in [-0.3, -0.25) is 0 Å². The minimum absolute atomic E-state index is 0.0546. The van der Waals surface area contributed by atoms with Gasteiger partial charge in [-0.25, -0.2) is 0 Å². The van der Waals surface area contributed by atoms with Crippen LogP contribution in [0.5, 0.6) is 5.75 Å². The standard InChI is InChI=1S/C17H18ClNO/c1-11(19)16-8-5-13(10-17(16)18)12-3-2-4-15(9-12)20-14-6-7-14/h2-5,8-11,14H,6-7,19H2,1H3. The number of hydrogen-bond donors (Lipinski definition) is 1. The molecule has 2 N–H and O–H groups in total. The van der Waals surface area contributed by atoms with E-state index in [0.717, 1.165) is 22.4 Å². The maximum absolute atomic E-state index is 6.30. The van der Waals surface area contributed by atoms with E-state index in [1.807, 2.05) is 31.2 Å². The molecule has 104 valence electrons. The van der Waals surface area contributed by atoms with Crippen molar-refractivity contribution >= 4 is 11.6 Å². The minimum Gasteiger partial charge on any atom is -0.490 e. The molecule has 0 spiro atoms. The predicted molar refractivity (Wildman–Crippen MR) is 83.1 cm³/mol. The normalized spacial score (nSPS) is 15.9. The summed E-state index contributed by atoms with van der Waals surface area (Å²) in [5.41, 5.74) is 9.05. The summed E-state index contributed by atoms with van der Waals surface area (Å²) in [6, 6.07) is 14.1. The Labute approximate surface area is 124 Å². The average Bonchev–Trinajstić information content (AvgIpc) is 3.22. The molecule has 20 heavy (non-hydrogen) atoms. The predicted octanol–water partition coefficient (Wildman–Crippen LogP) is 4.57. The van der Waals surface area contributed by atoms with Crippen LogP contribution in [-0.2, 0) is 0 Å². The van der Waals surface area contributed by atoms with E-state index in [1.165, 1.54) is 12.8 Å². The molecule has 1 atom stereocenters. The lowest BCUT2D eigenvalue weighted by atomic mass is 10.0. The van der Waals surface area contributed by atoms with Crippen molar-refractivity contribution in [2.45, 2.75) is 31.9 Å². The lowest BCUT2D eigenvalue weighted by Crippen LogP contribution is -2.05. The van der Waals surface area contributed by atoms with Crippen molar-refractivity contribution in [3.8, 4) is 16.9 Å². The molecule has 0 aliphatic heterocycles. The fraction of sp³-hybridized carbons (Fsp3) is 0.294. The van der Waals surface area contributed by atoms with Crippen molar-refractivity contribution in [2.24, 2.45) is 5.73 Å². The molecule has 0 bridgehead atoms. The summed E-state index contributed by atoms with van der Waals surface area (Å²) < 4.78 is 5.83. The molecule has 1 aliphatic rings. The number of nitrogens with two attached hydrogens (primary N) is 1. The van der Waals surface area contributed by atoms with Crippen LogP contribution in [0.2, 0.25) is 5.02 Å². The molecule has 1 unspecified atom stereocenters. The largest absolute Gasteiger partial charge is 0.490 e. The van der Waals surface area contributed by atoms with Crippen LogP contribution >= 0.6 is 11.6 Å². The highest BCUT2D eigenvalue weighted by molar-refractivity contribution is 6.31. The van der Waals surface area contributed by atoms with Gasteiger partial charge in [-0.15, -0.1) is 0 Å². The van der Waals surface area contributed by atoms with Crippen LogP contribution in [0.3, 0.4) is 0 Å². The van der Waals surface area contributed by atoms with E-state index in [2.05, 4.69) is 18.2 Å². The molecule has 0 saturated heterocycles. The van der Waals surface area contributed by atoms with E-state index < -0.39 is 0 Å². The van der Waals surface area contributed by atoms with Gasteiger partial charge in [-0.05, 0) is 54.7 Å². The second kappa shape index (κ2) is 5.47. The van der Waals surface area contributed by atoms with Gasteiger partial charge in [-0.1, -0.05) is 35.9 Å². The Bertz CT molecular complexity index is 620. The second-order valence-corrected chi connectivity index (χ2v) is 5.78. The Morgan fingerprint density at radius 2 is 1.90 bits per heavy atom. The van der Waals surface area contributed by atoms with E-state index >= 15 is 0 Å². The molecule has 0 heterocycles. The third kappa shape index (κ3) is 2.97. The first-order chi connectivity index (χ1) is 9.63. The van der Waals surface area contributed by atoms with Crippen LogP contribution in [0.15, 0.2) is 42.5 Å². The summed E-state index contributed by atoms with van der Waals surface area (Å²) in [6.45, 7) is 1.94. The van der Waals surface area contributed by atoms with E-state index in [1.54, 1.807) is 0 Å². The van der Waals surface area contributed by atoms with Gasteiger partial charge in [0, 0.05) is 11.1 Å². The molecular weight excluding hydrogens is 270 g/mol. The van der Waals surface area contributed by atoms with E-state index in [9.17, 15) is 0 Å². The number of rotatable bonds is 4. The molecular formula is C17H18ClNO. The maximum Gasteiger partial charge on any atom is 0.120 e. The molecule has 2 aromatic carbocycles. The Balaban J connectivity index is 1.89.